The van der Waals surface area contributed by atoms with Crippen LogP contribution >= 0.6 is 0 Å². The molecule has 11 heavy (non-hydrogen) atoms. The van der Waals surface area contributed by atoms with E-state index >= 15 is 0 Å². The molecule has 64 valence electrons. The van der Waals surface area contributed by atoms with E-state index in [0.717, 1.165) is 11.8 Å². The quantitative estimate of drug-likeness (QED) is 0.562. The molecular weight excluding hydrogens is 134 g/mol. The molecule has 1 spiro atoms. The Morgan fingerprint density at radius 3 is 2.18 bits per heavy atom. The fourth-order valence-electron chi connectivity index (χ4n) is 2.54. The molecule has 1 saturated heterocycles. The average molecular weight is 153 g/mol. The topological polar surface area (TPSA) is 12.0 Å². The first-order valence-corrected chi connectivity index (χ1v) is 4.98. The van der Waals surface area contributed by atoms with Gasteiger partial charge in [-0.1, -0.05) is 13.8 Å². The van der Waals surface area contributed by atoms with Crippen LogP contribution in [0.3, 0.4) is 0 Å². The van der Waals surface area contributed by atoms with Crippen molar-refractivity contribution in [3.05, 3.63) is 0 Å². The molecule has 2 fully saturated rings. The molecule has 0 aromatic rings. The van der Waals surface area contributed by atoms with Crippen molar-refractivity contribution in [3.8, 4) is 0 Å². The van der Waals surface area contributed by atoms with Crippen LogP contribution in [0, 0.1) is 11.8 Å². The average Bonchev–Trinajstić information content (AvgIpc) is 2.03. The minimum absolute atomic E-state index is 0.590. The van der Waals surface area contributed by atoms with Gasteiger partial charge >= 0.3 is 0 Å². The van der Waals surface area contributed by atoms with Crippen molar-refractivity contribution in [2.24, 2.45) is 11.8 Å². The van der Waals surface area contributed by atoms with Crippen LogP contribution in [0.25, 0.3) is 0 Å². The minimum Gasteiger partial charge on any atom is -0.311 e. The van der Waals surface area contributed by atoms with Crippen molar-refractivity contribution >= 4 is 0 Å². The predicted octanol–water partition coefficient (Wildman–Crippen LogP) is 2.17. The van der Waals surface area contributed by atoms with E-state index in [1.807, 2.05) is 0 Å². The van der Waals surface area contributed by atoms with E-state index in [4.69, 9.17) is 0 Å². The highest BCUT2D eigenvalue weighted by atomic mass is 15.1. The molecule has 0 unspecified atom stereocenters. The Morgan fingerprint density at radius 2 is 1.82 bits per heavy atom. The second-order valence-corrected chi connectivity index (χ2v) is 4.62. The van der Waals surface area contributed by atoms with E-state index in [1.165, 1.54) is 32.2 Å². The maximum atomic E-state index is 3.63. The van der Waals surface area contributed by atoms with Gasteiger partial charge in [-0.3, -0.25) is 0 Å². The summed E-state index contributed by atoms with van der Waals surface area (Å²) in [7, 11) is 0. The van der Waals surface area contributed by atoms with Crippen LogP contribution < -0.4 is 5.32 Å². The fraction of sp³-hybridized carbons (Fsp3) is 1.00. The first-order valence-electron chi connectivity index (χ1n) is 4.98. The largest absolute Gasteiger partial charge is 0.311 e. The lowest BCUT2D eigenvalue weighted by molar-refractivity contribution is 0.0550. The highest BCUT2D eigenvalue weighted by Crippen LogP contribution is 2.41. The van der Waals surface area contributed by atoms with E-state index in [9.17, 15) is 0 Å². The van der Waals surface area contributed by atoms with Crippen molar-refractivity contribution in [1.82, 2.24) is 5.32 Å². The summed E-state index contributed by atoms with van der Waals surface area (Å²) in [5.41, 5.74) is 0.590. The summed E-state index contributed by atoms with van der Waals surface area (Å²) in [6, 6.07) is 0. The van der Waals surface area contributed by atoms with Crippen molar-refractivity contribution in [2.75, 3.05) is 6.54 Å². The molecule has 1 aliphatic carbocycles. The molecule has 1 atom stereocenters. The third kappa shape index (κ3) is 1.10. The first-order chi connectivity index (χ1) is 5.23. The van der Waals surface area contributed by atoms with Gasteiger partial charge in [0.05, 0.1) is 0 Å². The van der Waals surface area contributed by atoms with Crippen LogP contribution in [0.1, 0.15) is 39.5 Å². The van der Waals surface area contributed by atoms with Gasteiger partial charge in [0.1, 0.15) is 0 Å². The number of nitrogens with one attached hydrogen (secondary N) is 1. The summed E-state index contributed by atoms with van der Waals surface area (Å²) in [6.45, 7) is 6.04. The van der Waals surface area contributed by atoms with Gasteiger partial charge in [-0.2, -0.15) is 0 Å². The summed E-state index contributed by atoms with van der Waals surface area (Å²) in [4.78, 5) is 0. The fourth-order valence-corrected chi connectivity index (χ4v) is 2.54. The number of hydrogen-bond acceptors (Lipinski definition) is 1. The molecule has 0 aromatic carbocycles. The van der Waals surface area contributed by atoms with Crippen LogP contribution in [0.2, 0.25) is 0 Å². The Morgan fingerprint density at radius 1 is 1.18 bits per heavy atom. The Hall–Kier alpha value is -0.0400. The molecule has 2 aliphatic rings. The van der Waals surface area contributed by atoms with Gasteiger partial charge in [-0.15, -0.1) is 0 Å². The lowest BCUT2D eigenvalue weighted by atomic mass is 9.66. The van der Waals surface area contributed by atoms with E-state index in [2.05, 4.69) is 19.2 Å². The summed E-state index contributed by atoms with van der Waals surface area (Å²) in [5, 5.41) is 3.63. The SMILES string of the molecule is CC1CCC2(CC1)NC[C@@H]2C. The molecule has 1 aliphatic heterocycles. The van der Waals surface area contributed by atoms with E-state index in [1.54, 1.807) is 0 Å². The number of rotatable bonds is 0. The van der Waals surface area contributed by atoms with Gasteiger partial charge in [0.25, 0.3) is 0 Å². The molecule has 0 amide bonds. The highest BCUT2D eigenvalue weighted by molar-refractivity contribution is 5.03. The standard InChI is InChI=1S/C10H19N/c1-8-3-5-10(6-4-8)9(2)7-11-10/h8-9,11H,3-7H2,1-2H3/t8?,9-,10?/m0/s1. The Labute approximate surface area is 69.6 Å². The smallest absolute Gasteiger partial charge is 0.0219 e. The monoisotopic (exact) mass is 153 g/mol. The third-order valence-corrected chi connectivity index (χ3v) is 3.87. The lowest BCUT2D eigenvalue weighted by Crippen LogP contribution is -2.65. The lowest BCUT2D eigenvalue weighted by Gasteiger charge is -2.53. The molecule has 1 saturated carbocycles. The summed E-state index contributed by atoms with van der Waals surface area (Å²) in [6.07, 6.45) is 5.74. The van der Waals surface area contributed by atoms with Crippen molar-refractivity contribution in [3.63, 3.8) is 0 Å². The Balaban J connectivity index is 1.96. The first kappa shape index (κ1) is 7.60. The zero-order chi connectivity index (χ0) is 7.90. The van der Waals surface area contributed by atoms with E-state index in [-0.39, 0.29) is 0 Å². The van der Waals surface area contributed by atoms with Gasteiger partial charge in [0.15, 0.2) is 0 Å². The minimum atomic E-state index is 0.590. The van der Waals surface area contributed by atoms with Crippen LogP contribution in [-0.2, 0) is 0 Å². The highest BCUT2D eigenvalue weighted by Gasteiger charge is 2.44. The zero-order valence-corrected chi connectivity index (χ0v) is 7.69. The van der Waals surface area contributed by atoms with Crippen molar-refractivity contribution in [2.45, 2.75) is 45.1 Å². The normalized spacial score (nSPS) is 50.7. The maximum absolute atomic E-state index is 3.63. The maximum Gasteiger partial charge on any atom is 0.0219 e. The summed E-state index contributed by atoms with van der Waals surface area (Å²) in [5.74, 6) is 1.92. The van der Waals surface area contributed by atoms with Gasteiger partial charge in [-0.05, 0) is 44.1 Å². The van der Waals surface area contributed by atoms with Crippen LogP contribution in [0.5, 0.6) is 0 Å². The van der Waals surface area contributed by atoms with E-state index in [0.29, 0.717) is 5.54 Å². The molecule has 2 rings (SSSR count). The molecule has 1 heterocycles. The summed E-state index contributed by atoms with van der Waals surface area (Å²) >= 11 is 0. The predicted molar refractivity (Wildman–Crippen MR) is 47.5 cm³/mol. The number of hydrogen-bond donors (Lipinski definition) is 1. The molecule has 0 aromatic heterocycles. The molecule has 1 nitrogen and oxygen atoms in total. The molecule has 1 N–H and O–H groups in total. The van der Waals surface area contributed by atoms with Crippen LogP contribution in [-0.4, -0.2) is 12.1 Å². The van der Waals surface area contributed by atoms with Crippen molar-refractivity contribution in [1.29, 1.82) is 0 Å². The van der Waals surface area contributed by atoms with Crippen LogP contribution in [0.4, 0.5) is 0 Å². The van der Waals surface area contributed by atoms with Gasteiger partial charge in [0.2, 0.25) is 0 Å². The Bertz CT molecular complexity index is 145. The van der Waals surface area contributed by atoms with E-state index < -0.39 is 0 Å². The zero-order valence-electron chi connectivity index (χ0n) is 7.69. The Kier molecular flexibility index (Phi) is 1.71. The van der Waals surface area contributed by atoms with Crippen LogP contribution in [0.15, 0.2) is 0 Å². The van der Waals surface area contributed by atoms with Crippen molar-refractivity contribution < 1.29 is 0 Å². The molecule has 0 bridgehead atoms. The third-order valence-electron chi connectivity index (χ3n) is 3.87. The van der Waals surface area contributed by atoms with Gasteiger partial charge < -0.3 is 5.32 Å². The molecule has 0 radical (unpaired) electrons. The van der Waals surface area contributed by atoms with Gasteiger partial charge in [0, 0.05) is 5.54 Å². The second-order valence-electron chi connectivity index (χ2n) is 4.62. The molecule has 1 heteroatoms. The second kappa shape index (κ2) is 2.48. The summed E-state index contributed by atoms with van der Waals surface area (Å²) < 4.78 is 0. The molecular formula is C10H19N. The van der Waals surface area contributed by atoms with Gasteiger partial charge in [-0.25, -0.2) is 0 Å².